The molecular weight excluding hydrogens is 507 g/mol. The average Bonchev–Trinajstić information content (AvgIpc) is 3.29. The first-order valence-electron chi connectivity index (χ1n) is 14.4. The van der Waals surface area contributed by atoms with Gasteiger partial charge in [-0.3, -0.25) is 4.90 Å². The van der Waals surface area contributed by atoms with Crippen LogP contribution >= 0.6 is 0 Å². The van der Waals surface area contributed by atoms with Gasteiger partial charge in [-0.1, -0.05) is 30.3 Å². The second-order valence-electron chi connectivity index (χ2n) is 11.6. The van der Waals surface area contributed by atoms with Crippen molar-refractivity contribution in [2.24, 2.45) is 0 Å². The molecule has 8 nitrogen and oxygen atoms in total. The van der Waals surface area contributed by atoms with Gasteiger partial charge in [-0.05, 0) is 47.4 Å². The molecule has 3 aromatic carbocycles. The monoisotopic (exact) mass is 540 g/mol. The lowest BCUT2D eigenvalue weighted by atomic mass is 9.96. The minimum Gasteiger partial charge on any atom is -0.508 e. The van der Waals surface area contributed by atoms with Gasteiger partial charge in [0.2, 0.25) is 5.95 Å². The number of benzene rings is 3. The van der Waals surface area contributed by atoms with E-state index in [1.165, 1.54) is 0 Å². The van der Waals surface area contributed by atoms with Crippen LogP contribution in [0.4, 0.5) is 16.2 Å². The highest BCUT2D eigenvalue weighted by atomic mass is 19.1. The molecule has 0 radical (unpaired) electrons. The zero-order valence-corrected chi connectivity index (χ0v) is 22.4. The van der Waals surface area contributed by atoms with Gasteiger partial charge < -0.3 is 25.0 Å². The second kappa shape index (κ2) is 9.54. The average molecular weight is 541 g/mol. The number of nitrogens with one attached hydrogen (secondary N) is 1. The summed E-state index contributed by atoms with van der Waals surface area (Å²) < 4.78 is 22.1. The van der Waals surface area contributed by atoms with Crippen LogP contribution < -0.4 is 15.1 Å². The number of nitrogens with zero attached hydrogens (tertiary/aromatic N) is 5. The lowest BCUT2D eigenvalue weighted by Crippen LogP contribution is -2.62. The molecule has 5 heterocycles. The van der Waals surface area contributed by atoms with Gasteiger partial charge in [-0.25, -0.2) is 9.37 Å². The molecule has 40 heavy (non-hydrogen) atoms. The van der Waals surface area contributed by atoms with Gasteiger partial charge >= 0.3 is 0 Å². The van der Waals surface area contributed by atoms with E-state index in [1.54, 1.807) is 12.1 Å². The van der Waals surface area contributed by atoms with Gasteiger partial charge in [-0.2, -0.15) is 4.98 Å². The molecule has 0 aliphatic carbocycles. The molecule has 4 aliphatic rings. The van der Waals surface area contributed by atoms with E-state index in [1.807, 2.05) is 36.4 Å². The molecule has 9 heteroatoms. The molecule has 0 spiro atoms. The van der Waals surface area contributed by atoms with Crippen molar-refractivity contribution in [3.63, 3.8) is 0 Å². The molecule has 2 N–H and O–H groups in total. The summed E-state index contributed by atoms with van der Waals surface area (Å²) in [5.74, 6) is 1.15. The van der Waals surface area contributed by atoms with Crippen LogP contribution in [-0.2, 0) is 4.74 Å². The molecule has 8 rings (SSSR count). The summed E-state index contributed by atoms with van der Waals surface area (Å²) in [5.41, 5.74) is 1.43. The van der Waals surface area contributed by atoms with Crippen LogP contribution in [0.3, 0.4) is 0 Å². The highest BCUT2D eigenvalue weighted by Gasteiger charge is 2.37. The Hall–Kier alpha value is -3.53. The first kappa shape index (κ1) is 24.3. The Kier molecular flexibility index (Phi) is 5.79. The van der Waals surface area contributed by atoms with Gasteiger partial charge in [0.15, 0.2) is 5.82 Å². The summed E-state index contributed by atoms with van der Waals surface area (Å²) in [6, 6.07) is 16.2. The number of halogens is 1. The first-order valence-corrected chi connectivity index (χ1v) is 14.4. The van der Waals surface area contributed by atoms with Crippen molar-refractivity contribution in [2.75, 3.05) is 62.3 Å². The third kappa shape index (κ3) is 4.06. The molecule has 1 aromatic heterocycles. The van der Waals surface area contributed by atoms with Gasteiger partial charge in [0.1, 0.15) is 17.1 Å². The molecule has 4 fully saturated rings. The van der Waals surface area contributed by atoms with E-state index in [0.717, 1.165) is 87.3 Å². The highest BCUT2D eigenvalue weighted by Crippen LogP contribution is 2.39. The molecule has 2 atom stereocenters. The smallest absolute Gasteiger partial charge is 0.228 e. The fourth-order valence-electron chi connectivity index (χ4n) is 7.00. The van der Waals surface area contributed by atoms with Crippen molar-refractivity contribution < 1.29 is 14.2 Å². The van der Waals surface area contributed by atoms with Crippen LogP contribution in [0.1, 0.15) is 12.8 Å². The number of morpholine rings is 1. The van der Waals surface area contributed by atoms with Crippen LogP contribution in [0, 0.1) is 5.82 Å². The van der Waals surface area contributed by atoms with E-state index in [2.05, 4.69) is 20.0 Å². The molecule has 4 saturated heterocycles. The Bertz CT molecular complexity index is 1590. The maximum atomic E-state index is 16.6. The Morgan fingerprint density at radius 1 is 0.850 bits per heavy atom. The number of aromatic nitrogens is 2. The fraction of sp³-hybridized carbons (Fsp3) is 0.419. The summed E-state index contributed by atoms with van der Waals surface area (Å²) >= 11 is 0. The fourth-order valence-corrected chi connectivity index (χ4v) is 7.00. The molecule has 206 valence electrons. The summed E-state index contributed by atoms with van der Waals surface area (Å²) in [5, 5.41) is 16.6. The maximum absolute atomic E-state index is 16.6. The van der Waals surface area contributed by atoms with Crippen molar-refractivity contribution in [2.45, 2.75) is 31.0 Å². The number of phenols is 1. The van der Waals surface area contributed by atoms with Crippen LogP contribution in [0.25, 0.3) is 32.8 Å². The number of phenolic OH excluding ortho intramolecular Hbond substituents is 1. The summed E-state index contributed by atoms with van der Waals surface area (Å²) in [6.45, 7) is 6.82. The summed E-state index contributed by atoms with van der Waals surface area (Å²) in [7, 11) is 0. The molecule has 2 unspecified atom stereocenters. The highest BCUT2D eigenvalue weighted by molar-refractivity contribution is 6.01. The van der Waals surface area contributed by atoms with E-state index in [4.69, 9.17) is 14.7 Å². The number of piperazine rings is 1. The van der Waals surface area contributed by atoms with Crippen LogP contribution in [0.15, 0.2) is 48.5 Å². The predicted octanol–water partition coefficient (Wildman–Crippen LogP) is 3.76. The van der Waals surface area contributed by atoms with Crippen molar-refractivity contribution in [1.29, 1.82) is 0 Å². The van der Waals surface area contributed by atoms with E-state index in [9.17, 15) is 5.11 Å². The first-order chi connectivity index (χ1) is 19.6. The van der Waals surface area contributed by atoms with Crippen molar-refractivity contribution >= 4 is 33.4 Å². The largest absolute Gasteiger partial charge is 0.508 e. The third-order valence-corrected chi connectivity index (χ3v) is 9.13. The van der Waals surface area contributed by atoms with Gasteiger partial charge in [0.25, 0.3) is 0 Å². The minimum atomic E-state index is -0.374. The number of rotatable bonds is 4. The van der Waals surface area contributed by atoms with Gasteiger partial charge in [-0.15, -0.1) is 0 Å². The topological polar surface area (TPSA) is 77.0 Å². The van der Waals surface area contributed by atoms with E-state index < -0.39 is 0 Å². The Morgan fingerprint density at radius 2 is 1.62 bits per heavy atom. The zero-order chi connectivity index (χ0) is 26.8. The van der Waals surface area contributed by atoms with Crippen molar-refractivity contribution in [3.8, 4) is 16.9 Å². The third-order valence-electron chi connectivity index (χ3n) is 9.13. The molecular formula is C31H33FN6O2. The molecule has 4 aliphatic heterocycles. The van der Waals surface area contributed by atoms with Gasteiger partial charge in [0, 0.05) is 68.3 Å². The Morgan fingerprint density at radius 3 is 2.42 bits per heavy atom. The van der Waals surface area contributed by atoms with E-state index in [-0.39, 0.29) is 11.6 Å². The maximum Gasteiger partial charge on any atom is 0.228 e. The van der Waals surface area contributed by atoms with Crippen LogP contribution in [0.2, 0.25) is 0 Å². The van der Waals surface area contributed by atoms with E-state index >= 15 is 4.39 Å². The summed E-state index contributed by atoms with van der Waals surface area (Å²) in [6.07, 6.45) is 2.32. The van der Waals surface area contributed by atoms with Gasteiger partial charge in [0.05, 0.1) is 13.2 Å². The number of aromatic hydroxyl groups is 1. The zero-order valence-electron chi connectivity index (χ0n) is 22.4. The standard InChI is InChI=1S/C31H33FN6O2/c32-28-25(27-14-23(39)13-19-3-1-2-4-24(19)27)7-8-26-29(28)34-31(38-17-22(18-38)36-9-11-40-12-10-36)35-30(26)37-15-20-5-6-21(16-37)33-20/h1-4,7-8,13-14,20-22,33,39H,5-6,9-12,15-18H2. The minimum absolute atomic E-state index is 0.114. The lowest BCUT2D eigenvalue weighted by Gasteiger charge is -2.46. The number of hydrogen-bond donors (Lipinski definition) is 2. The van der Waals surface area contributed by atoms with Crippen LogP contribution in [0.5, 0.6) is 5.75 Å². The molecule has 4 aromatic rings. The second-order valence-corrected chi connectivity index (χ2v) is 11.6. The van der Waals surface area contributed by atoms with E-state index in [0.29, 0.717) is 40.7 Å². The lowest BCUT2D eigenvalue weighted by molar-refractivity contribution is 0.0103. The molecule has 0 amide bonds. The van der Waals surface area contributed by atoms with Crippen LogP contribution in [-0.4, -0.2) is 90.6 Å². The number of ether oxygens (including phenoxy) is 1. The number of fused-ring (bicyclic) bond motifs is 4. The molecule has 2 bridgehead atoms. The molecule has 0 saturated carbocycles. The summed E-state index contributed by atoms with van der Waals surface area (Å²) in [4.78, 5) is 16.9. The van der Waals surface area contributed by atoms with Crippen molar-refractivity contribution in [3.05, 3.63) is 54.3 Å². The Labute approximate surface area is 232 Å². The Balaban J connectivity index is 1.23. The quantitative estimate of drug-likeness (QED) is 0.405. The number of hydrogen-bond acceptors (Lipinski definition) is 8. The predicted molar refractivity (Wildman–Crippen MR) is 155 cm³/mol. The number of anilines is 2. The SMILES string of the molecule is Oc1cc(-c2ccc3c(N4CC5CCC(C4)N5)nc(N4CC(N5CCOCC5)C4)nc3c2F)c2ccccc2c1. The van der Waals surface area contributed by atoms with Crippen molar-refractivity contribution in [1.82, 2.24) is 20.2 Å². The normalized spacial score (nSPS) is 23.7.